The highest BCUT2D eigenvalue weighted by atomic mass is 19.1. The lowest BCUT2D eigenvalue weighted by Gasteiger charge is -2.35. The summed E-state index contributed by atoms with van der Waals surface area (Å²) in [6.45, 7) is 2.22. The molecule has 0 atom stereocenters. The van der Waals surface area contributed by atoms with Crippen LogP contribution in [0.4, 0.5) is 10.2 Å². The number of hydrogen-bond acceptors (Lipinski definition) is 5. The van der Waals surface area contributed by atoms with Gasteiger partial charge in [0.15, 0.2) is 0 Å². The van der Waals surface area contributed by atoms with E-state index < -0.39 is 17.1 Å². The molecule has 0 radical (unpaired) electrons. The van der Waals surface area contributed by atoms with Crippen molar-refractivity contribution in [3.63, 3.8) is 0 Å². The minimum atomic E-state index is -0.634. The highest BCUT2D eigenvalue weighted by molar-refractivity contribution is 5.94. The van der Waals surface area contributed by atoms with Gasteiger partial charge in [0.1, 0.15) is 11.6 Å². The number of pyridine rings is 1. The van der Waals surface area contributed by atoms with E-state index in [1.807, 2.05) is 18.2 Å². The second-order valence-electron chi connectivity index (χ2n) is 8.14. The molecule has 9 heteroatoms. The average Bonchev–Trinajstić information content (AvgIpc) is 2.88. The summed E-state index contributed by atoms with van der Waals surface area (Å²) in [5.41, 5.74) is -0.184. The fraction of sp³-hybridized carbons (Fsp3) is 0.200. The third-order valence-corrected chi connectivity index (χ3v) is 6.07. The molecule has 0 spiro atoms. The minimum absolute atomic E-state index is 0.115. The maximum absolute atomic E-state index is 14.7. The van der Waals surface area contributed by atoms with Crippen LogP contribution in [0.2, 0.25) is 0 Å². The number of carbonyl (C=O) groups is 1. The number of amides is 1. The number of aromatic nitrogens is 3. The number of fused-ring (bicyclic) bond motifs is 1. The van der Waals surface area contributed by atoms with E-state index in [0.29, 0.717) is 42.6 Å². The zero-order chi connectivity index (χ0) is 23.7. The number of halogens is 1. The number of para-hydroxylation sites is 1. The van der Waals surface area contributed by atoms with Gasteiger partial charge < -0.3 is 9.80 Å². The van der Waals surface area contributed by atoms with Gasteiger partial charge in [-0.2, -0.15) is 0 Å². The highest BCUT2D eigenvalue weighted by Gasteiger charge is 2.23. The molecule has 3 heterocycles. The van der Waals surface area contributed by atoms with Gasteiger partial charge in [-0.15, -0.1) is 0 Å². The zero-order valence-electron chi connectivity index (χ0n) is 18.3. The summed E-state index contributed by atoms with van der Waals surface area (Å²) in [5, 5.41) is 0.334. The highest BCUT2D eigenvalue weighted by Crippen LogP contribution is 2.18. The molecular weight excluding hydrogens is 437 g/mol. The summed E-state index contributed by atoms with van der Waals surface area (Å²) in [5.74, 6) is 0.150. The van der Waals surface area contributed by atoms with Crippen molar-refractivity contribution in [3.05, 3.63) is 105 Å². The standard InChI is InChI=1S/C25H22FN5O3/c26-20-9-8-17(24(33)30-13-11-29(12-14-30)22-7-3-4-10-27-22)15-18(20)16-31-21-6-2-1-5-19(21)23(32)28-25(31)34/h1-10,15H,11-14,16H2,(H,28,32,34). The van der Waals surface area contributed by atoms with Crippen molar-refractivity contribution < 1.29 is 9.18 Å². The number of anilines is 1. The van der Waals surface area contributed by atoms with Crippen LogP contribution in [0, 0.1) is 5.82 Å². The van der Waals surface area contributed by atoms with Gasteiger partial charge in [0, 0.05) is 43.5 Å². The Hall–Kier alpha value is -4.27. The van der Waals surface area contributed by atoms with E-state index in [4.69, 9.17) is 0 Å². The molecule has 0 unspecified atom stereocenters. The summed E-state index contributed by atoms with van der Waals surface area (Å²) >= 11 is 0. The Bertz CT molecular complexity index is 1470. The largest absolute Gasteiger partial charge is 0.353 e. The number of nitrogens with zero attached hydrogens (tertiary/aromatic N) is 4. The quantitative estimate of drug-likeness (QED) is 0.506. The van der Waals surface area contributed by atoms with Crippen LogP contribution in [0.1, 0.15) is 15.9 Å². The zero-order valence-corrected chi connectivity index (χ0v) is 18.3. The van der Waals surface area contributed by atoms with E-state index in [1.165, 1.54) is 22.8 Å². The lowest BCUT2D eigenvalue weighted by Crippen LogP contribution is -2.49. The van der Waals surface area contributed by atoms with Crippen LogP contribution in [-0.4, -0.2) is 51.5 Å². The first kappa shape index (κ1) is 21.6. The SMILES string of the molecule is O=C(c1ccc(F)c(Cn2c(=O)[nH]c(=O)c3ccccc32)c1)N1CCN(c2ccccn2)CC1. The summed E-state index contributed by atoms with van der Waals surface area (Å²) in [6, 6.07) is 16.5. The topological polar surface area (TPSA) is 91.3 Å². The molecule has 1 fully saturated rings. The van der Waals surface area contributed by atoms with E-state index in [1.54, 1.807) is 35.4 Å². The molecule has 0 aliphatic carbocycles. The van der Waals surface area contributed by atoms with Gasteiger partial charge in [0.2, 0.25) is 0 Å². The molecule has 1 amide bonds. The number of hydrogen-bond donors (Lipinski definition) is 1. The Morgan fingerprint density at radius 2 is 1.74 bits per heavy atom. The first-order valence-electron chi connectivity index (χ1n) is 11.0. The average molecular weight is 459 g/mol. The summed E-state index contributed by atoms with van der Waals surface area (Å²) in [7, 11) is 0. The molecule has 2 aromatic carbocycles. The number of aromatic amines is 1. The third-order valence-electron chi connectivity index (χ3n) is 6.07. The molecule has 4 aromatic rings. The fourth-order valence-electron chi connectivity index (χ4n) is 4.26. The van der Waals surface area contributed by atoms with E-state index in [0.717, 1.165) is 5.82 Å². The lowest BCUT2D eigenvalue weighted by molar-refractivity contribution is 0.0746. The second kappa shape index (κ2) is 8.93. The molecule has 2 aromatic heterocycles. The first-order chi connectivity index (χ1) is 16.5. The number of nitrogens with one attached hydrogen (secondary N) is 1. The number of benzene rings is 2. The van der Waals surface area contributed by atoms with Gasteiger partial charge in [0.25, 0.3) is 11.5 Å². The molecule has 0 saturated carbocycles. The number of H-pyrrole nitrogens is 1. The van der Waals surface area contributed by atoms with Crippen molar-refractivity contribution in [1.82, 2.24) is 19.4 Å². The van der Waals surface area contributed by atoms with E-state index >= 15 is 0 Å². The van der Waals surface area contributed by atoms with Crippen LogP contribution in [-0.2, 0) is 6.54 Å². The number of piperazine rings is 1. The number of rotatable bonds is 4. The number of carbonyl (C=O) groups excluding carboxylic acids is 1. The van der Waals surface area contributed by atoms with E-state index in [-0.39, 0.29) is 18.0 Å². The minimum Gasteiger partial charge on any atom is -0.353 e. The second-order valence-corrected chi connectivity index (χ2v) is 8.14. The predicted octanol–water partition coefficient (Wildman–Crippen LogP) is 2.23. The molecule has 0 bridgehead atoms. The maximum atomic E-state index is 14.7. The Labute approximate surface area is 193 Å². The normalized spacial score (nSPS) is 13.9. The van der Waals surface area contributed by atoms with Crippen LogP contribution in [0.25, 0.3) is 10.9 Å². The van der Waals surface area contributed by atoms with Gasteiger partial charge in [-0.3, -0.25) is 19.1 Å². The van der Waals surface area contributed by atoms with Crippen molar-refractivity contribution >= 4 is 22.6 Å². The Balaban J connectivity index is 1.38. The molecule has 8 nitrogen and oxygen atoms in total. The molecule has 1 N–H and O–H groups in total. The fourth-order valence-corrected chi connectivity index (χ4v) is 4.26. The van der Waals surface area contributed by atoms with E-state index in [9.17, 15) is 18.8 Å². The summed E-state index contributed by atoms with van der Waals surface area (Å²) in [4.78, 5) is 48.2. The van der Waals surface area contributed by atoms with Crippen molar-refractivity contribution in [2.75, 3.05) is 31.1 Å². The maximum Gasteiger partial charge on any atom is 0.329 e. The molecule has 5 rings (SSSR count). The van der Waals surface area contributed by atoms with Gasteiger partial charge in [-0.05, 0) is 42.5 Å². The molecular formula is C25H22FN5O3. The van der Waals surface area contributed by atoms with Gasteiger partial charge in [-0.25, -0.2) is 14.2 Å². The van der Waals surface area contributed by atoms with Gasteiger partial charge in [-0.1, -0.05) is 18.2 Å². The molecule has 1 saturated heterocycles. The van der Waals surface area contributed by atoms with Crippen molar-refractivity contribution in [3.8, 4) is 0 Å². The lowest BCUT2D eigenvalue weighted by atomic mass is 10.1. The molecule has 1 aliphatic rings. The van der Waals surface area contributed by atoms with Crippen LogP contribution in [0.5, 0.6) is 0 Å². The Kier molecular flexibility index (Phi) is 5.67. The van der Waals surface area contributed by atoms with Crippen LogP contribution in [0.3, 0.4) is 0 Å². The third kappa shape index (κ3) is 4.07. The van der Waals surface area contributed by atoms with Crippen molar-refractivity contribution in [2.24, 2.45) is 0 Å². The predicted molar refractivity (Wildman–Crippen MR) is 127 cm³/mol. The van der Waals surface area contributed by atoms with Crippen molar-refractivity contribution in [2.45, 2.75) is 6.54 Å². The molecule has 172 valence electrons. The monoisotopic (exact) mass is 459 g/mol. The van der Waals surface area contributed by atoms with Crippen molar-refractivity contribution in [1.29, 1.82) is 0 Å². The summed E-state index contributed by atoms with van der Waals surface area (Å²) < 4.78 is 16.0. The van der Waals surface area contributed by atoms with Gasteiger partial charge >= 0.3 is 5.69 Å². The van der Waals surface area contributed by atoms with Gasteiger partial charge in [0.05, 0.1) is 17.4 Å². The molecule has 34 heavy (non-hydrogen) atoms. The van der Waals surface area contributed by atoms with E-state index in [2.05, 4.69) is 14.9 Å². The Morgan fingerprint density at radius 3 is 2.50 bits per heavy atom. The summed E-state index contributed by atoms with van der Waals surface area (Å²) in [6.07, 6.45) is 1.74. The van der Waals surface area contributed by atoms with Crippen LogP contribution in [0.15, 0.2) is 76.4 Å². The Morgan fingerprint density at radius 1 is 0.971 bits per heavy atom. The molecule has 1 aliphatic heterocycles. The smallest absolute Gasteiger partial charge is 0.329 e. The van der Waals surface area contributed by atoms with Crippen LogP contribution >= 0.6 is 0 Å². The van der Waals surface area contributed by atoms with Crippen LogP contribution < -0.4 is 16.1 Å². The first-order valence-corrected chi connectivity index (χ1v) is 11.0.